The lowest BCUT2D eigenvalue weighted by atomic mass is 10.0. The van der Waals surface area contributed by atoms with E-state index in [1.807, 2.05) is 13.8 Å². The fourth-order valence-corrected chi connectivity index (χ4v) is 1.32. The maximum atomic E-state index is 10.8. The standard InChI is InChI=1S/C10H10N2O3/c1-5(2)6-3-7-8(10(13)14)12-15-9(7)11-4-6/h3-5H,1-2H3,(H,13,14). The Morgan fingerprint density at radius 2 is 2.27 bits per heavy atom. The molecule has 0 aromatic carbocycles. The molecule has 0 bridgehead atoms. The van der Waals surface area contributed by atoms with Gasteiger partial charge in [-0.3, -0.25) is 0 Å². The summed E-state index contributed by atoms with van der Waals surface area (Å²) >= 11 is 0. The maximum Gasteiger partial charge on any atom is 0.358 e. The van der Waals surface area contributed by atoms with E-state index in [0.29, 0.717) is 11.3 Å². The molecule has 0 fully saturated rings. The van der Waals surface area contributed by atoms with Gasteiger partial charge in [0.15, 0.2) is 0 Å². The van der Waals surface area contributed by atoms with Crippen LogP contribution in [0.15, 0.2) is 16.8 Å². The summed E-state index contributed by atoms with van der Waals surface area (Å²) in [6.45, 7) is 4.02. The first-order valence-electron chi connectivity index (χ1n) is 4.58. The Balaban J connectivity index is 2.66. The summed E-state index contributed by atoms with van der Waals surface area (Å²) in [5, 5.41) is 12.8. The van der Waals surface area contributed by atoms with Gasteiger partial charge in [-0.25, -0.2) is 9.78 Å². The monoisotopic (exact) mass is 206 g/mol. The quantitative estimate of drug-likeness (QED) is 0.813. The molecule has 0 saturated heterocycles. The van der Waals surface area contributed by atoms with E-state index in [1.54, 1.807) is 12.3 Å². The summed E-state index contributed by atoms with van der Waals surface area (Å²) in [6.07, 6.45) is 1.67. The van der Waals surface area contributed by atoms with Crippen molar-refractivity contribution in [3.05, 3.63) is 23.5 Å². The number of nitrogens with zero attached hydrogens (tertiary/aromatic N) is 2. The number of pyridine rings is 1. The van der Waals surface area contributed by atoms with Crippen molar-refractivity contribution in [2.24, 2.45) is 0 Å². The Hall–Kier alpha value is -1.91. The molecule has 0 unspecified atom stereocenters. The topological polar surface area (TPSA) is 76.2 Å². The summed E-state index contributed by atoms with van der Waals surface area (Å²) in [7, 11) is 0. The van der Waals surface area contributed by atoms with Crippen LogP contribution in [0.2, 0.25) is 0 Å². The van der Waals surface area contributed by atoms with Crippen LogP contribution in [-0.4, -0.2) is 21.2 Å². The number of carbonyl (C=O) groups is 1. The van der Waals surface area contributed by atoms with Crippen molar-refractivity contribution in [1.29, 1.82) is 0 Å². The number of carboxylic acids is 1. The molecule has 0 amide bonds. The highest BCUT2D eigenvalue weighted by atomic mass is 16.5. The molecule has 5 nitrogen and oxygen atoms in total. The van der Waals surface area contributed by atoms with Crippen molar-refractivity contribution in [2.75, 3.05) is 0 Å². The predicted octanol–water partition coefficient (Wildman–Crippen LogP) is 2.04. The van der Waals surface area contributed by atoms with Gasteiger partial charge in [0.1, 0.15) is 0 Å². The second-order valence-corrected chi connectivity index (χ2v) is 3.61. The van der Waals surface area contributed by atoms with Gasteiger partial charge in [-0.15, -0.1) is 0 Å². The molecule has 15 heavy (non-hydrogen) atoms. The van der Waals surface area contributed by atoms with E-state index in [2.05, 4.69) is 10.1 Å². The third-order valence-corrected chi connectivity index (χ3v) is 2.22. The largest absolute Gasteiger partial charge is 0.476 e. The zero-order valence-corrected chi connectivity index (χ0v) is 8.39. The Kier molecular flexibility index (Phi) is 2.15. The van der Waals surface area contributed by atoms with E-state index >= 15 is 0 Å². The number of fused-ring (bicyclic) bond motifs is 1. The van der Waals surface area contributed by atoms with Crippen LogP contribution >= 0.6 is 0 Å². The fraction of sp³-hybridized carbons (Fsp3) is 0.300. The summed E-state index contributed by atoms with van der Waals surface area (Å²) in [5.74, 6) is -0.810. The second-order valence-electron chi connectivity index (χ2n) is 3.61. The van der Waals surface area contributed by atoms with E-state index in [0.717, 1.165) is 5.56 Å². The van der Waals surface area contributed by atoms with Crippen molar-refractivity contribution < 1.29 is 14.4 Å². The summed E-state index contributed by atoms with van der Waals surface area (Å²) in [4.78, 5) is 14.8. The number of rotatable bonds is 2. The van der Waals surface area contributed by atoms with Crippen LogP contribution in [0.4, 0.5) is 0 Å². The zero-order chi connectivity index (χ0) is 11.0. The Bertz CT molecular complexity index is 516. The van der Waals surface area contributed by atoms with Gasteiger partial charge in [-0.2, -0.15) is 0 Å². The molecule has 0 atom stereocenters. The average molecular weight is 206 g/mol. The minimum Gasteiger partial charge on any atom is -0.476 e. The first-order valence-corrected chi connectivity index (χ1v) is 4.58. The smallest absolute Gasteiger partial charge is 0.358 e. The summed E-state index contributed by atoms with van der Waals surface area (Å²) in [6, 6.07) is 1.76. The highest BCUT2D eigenvalue weighted by molar-refractivity contribution is 5.99. The molecule has 5 heteroatoms. The van der Waals surface area contributed by atoms with Gasteiger partial charge < -0.3 is 9.63 Å². The Labute approximate surface area is 85.7 Å². The minimum atomic E-state index is -1.10. The van der Waals surface area contributed by atoms with Crippen LogP contribution in [0.1, 0.15) is 35.8 Å². The lowest BCUT2D eigenvalue weighted by Gasteiger charge is -2.02. The van der Waals surface area contributed by atoms with Gasteiger partial charge in [0.25, 0.3) is 5.71 Å². The summed E-state index contributed by atoms with van der Waals surface area (Å²) < 4.78 is 4.80. The molecule has 0 saturated carbocycles. The van der Waals surface area contributed by atoms with E-state index in [4.69, 9.17) is 9.63 Å². The van der Waals surface area contributed by atoms with Crippen LogP contribution in [0.3, 0.4) is 0 Å². The second kappa shape index (κ2) is 3.34. The van der Waals surface area contributed by atoms with Gasteiger partial charge in [-0.1, -0.05) is 19.0 Å². The first kappa shape index (κ1) is 9.64. The van der Waals surface area contributed by atoms with Crippen molar-refractivity contribution in [3.8, 4) is 0 Å². The lowest BCUT2D eigenvalue weighted by Crippen LogP contribution is -1.97. The highest BCUT2D eigenvalue weighted by Crippen LogP contribution is 2.21. The van der Waals surface area contributed by atoms with Crippen LogP contribution in [0.25, 0.3) is 11.1 Å². The highest BCUT2D eigenvalue weighted by Gasteiger charge is 2.16. The minimum absolute atomic E-state index is 0.0833. The van der Waals surface area contributed by atoms with Crippen LogP contribution in [-0.2, 0) is 0 Å². The van der Waals surface area contributed by atoms with Crippen LogP contribution in [0, 0.1) is 0 Å². The summed E-state index contributed by atoms with van der Waals surface area (Å²) in [5.41, 5.74) is 1.14. The molecule has 0 aliphatic rings. The molecule has 2 aromatic rings. The molecule has 2 heterocycles. The number of aromatic carboxylic acids is 1. The number of carboxylic acid groups (broad SMARTS) is 1. The van der Waals surface area contributed by atoms with Gasteiger partial charge in [0, 0.05) is 6.20 Å². The van der Waals surface area contributed by atoms with Gasteiger partial charge in [-0.05, 0) is 17.5 Å². The molecular weight excluding hydrogens is 196 g/mol. The van der Waals surface area contributed by atoms with E-state index in [1.165, 1.54) is 0 Å². The van der Waals surface area contributed by atoms with Crippen molar-refractivity contribution in [3.63, 3.8) is 0 Å². The number of hydrogen-bond acceptors (Lipinski definition) is 4. The predicted molar refractivity (Wildman–Crippen MR) is 52.9 cm³/mol. The third-order valence-electron chi connectivity index (χ3n) is 2.22. The molecule has 0 aliphatic heterocycles. The van der Waals surface area contributed by atoms with Gasteiger partial charge >= 0.3 is 5.97 Å². The van der Waals surface area contributed by atoms with E-state index in [-0.39, 0.29) is 11.4 Å². The number of hydrogen-bond donors (Lipinski definition) is 1. The molecule has 0 aliphatic carbocycles. The van der Waals surface area contributed by atoms with Crippen molar-refractivity contribution in [1.82, 2.24) is 10.1 Å². The molecular formula is C10H10N2O3. The van der Waals surface area contributed by atoms with E-state index in [9.17, 15) is 4.79 Å². The molecule has 2 aromatic heterocycles. The SMILES string of the molecule is CC(C)c1cnc2onc(C(=O)O)c2c1. The molecule has 0 spiro atoms. The molecule has 0 radical (unpaired) electrons. The normalized spacial score (nSPS) is 11.1. The molecule has 2 rings (SSSR count). The fourth-order valence-electron chi connectivity index (χ4n) is 1.32. The van der Waals surface area contributed by atoms with Crippen molar-refractivity contribution >= 4 is 17.1 Å². The van der Waals surface area contributed by atoms with Crippen molar-refractivity contribution in [2.45, 2.75) is 19.8 Å². The molecule has 78 valence electrons. The van der Waals surface area contributed by atoms with Gasteiger partial charge in [0.2, 0.25) is 5.69 Å². The van der Waals surface area contributed by atoms with Gasteiger partial charge in [0.05, 0.1) is 5.39 Å². The average Bonchev–Trinajstić information content (AvgIpc) is 2.59. The van der Waals surface area contributed by atoms with Crippen LogP contribution in [0.5, 0.6) is 0 Å². The van der Waals surface area contributed by atoms with Crippen LogP contribution < -0.4 is 0 Å². The maximum absolute atomic E-state index is 10.8. The Morgan fingerprint density at radius 3 is 2.87 bits per heavy atom. The first-order chi connectivity index (χ1) is 7.09. The zero-order valence-electron chi connectivity index (χ0n) is 8.39. The third kappa shape index (κ3) is 1.56. The Morgan fingerprint density at radius 1 is 1.53 bits per heavy atom. The van der Waals surface area contributed by atoms with E-state index < -0.39 is 5.97 Å². The molecule has 1 N–H and O–H groups in total. The lowest BCUT2D eigenvalue weighted by molar-refractivity contribution is 0.0688. The number of aromatic nitrogens is 2.